The first kappa shape index (κ1) is 16.6. The first-order chi connectivity index (χ1) is 11.6. The van der Waals surface area contributed by atoms with Gasteiger partial charge in [-0.25, -0.2) is 0 Å². The van der Waals surface area contributed by atoms with E-state index in [9.17, 15) is 9.59 Å². The molecule has 2 N–H and O–H groups in total. The first-order valence-corrected chi connectivity index (χ1v) is 8.39. The fraction of sp³-hybridized carbons (Fsp3) is 0.176. The molecule has 0 aromatic heterocycles. The highest BCUT2D eigenvalue weighted by Gasteiger charge is 2.16. The zero-order valence-corrected chi connectivity index (χ0v) is 15.0. The van der Waals surface area contributed by atoms with Gasteiger partial charge in [0.25, 0.3) is 11.8 Å². The van der Waals surface area contributed by atoms with Crippen molar-refractivity contribution in [1.29, 1.82) is 0 Å². The Kier molecular flexibility index (Phi) is 4.89. The molecule has 0 radical (unpaired) electrons. The summed E-state index contributed by atoms with van der Waals surface area (Å²) in [5, 5.41) is 0. The van der Waals surface area contributed by atoms with Crippen LogP contribution in [0.4, 0.5) is 0 Å². The second kappa shape index (κ2) is 7.08. The number of amides is 2. The number of nitrogens with one attached hydrogen (secondary N) is 2. The number of aryl methyl sites for hydroxylation is 1. The Morgan fingerprint density at radius 2 is 1.71 bits per heavy atom. The standard InChI is InChI=1S/C17H15IN2O4/c1-10-3-2-4-12(15(10)18)17(22)20-19-16(21)11-5-6-13-14(9-11)24-8-7-23-13/h2-6,9H,7-8H2,1H3,(H,19,21)(H,20,22). The Labute approximate surface area is 152 Å². The third kappa shape index (κ3) is 3.45. The molecule has 1 aliphatic heterocycles. The summed E-state index contributed by atoms with van der Waals surface area (Å²) in [6.07, 6.45) is 0. The van der Waals surface area contributed by atoms with E-state index in [1.165, 1.54) is 0 Å². The normalized spacial score (nSPS) is 12.4. The van der Waals surface area contributed by atoms with Gasteiger partial charge in [0.15, 0.2) is 11.5 Å². The summed E-state index contributed by atoms with van der Waals surface area (Å²) in [5.74, 6) is 0.335. The first-order valence-electron chi connectivity index (χ1n) is 7.31. The molecule has 7 heteroatoms. The van der Waals surface area contributed by atoms with Gasteiger partial charge in [0.05, 0.1) is 5.56 Å². The number of fused-ring (bicyclic) bond motifs is 1. The fourth-order valence-corrected chi connectivity index (χ4v) is 2.86. The van der Waals surface area contributed by atoms with Crippen LogP contribution in [0, 0.1) is 10.5 Å². The number of benzene rings is 2. The van der Waals surface area contributed by atoms with E-state index in [-0.39, 0.29) is 5.91 Å². The van der Waals surface area contributed by atoms with Crippen molar-refractivity contribution in [3.8, 4) is 11.5 Å². The summed E-state index contributed by atoms with van der Waals surface area (Å²) in [5.41, 5.74) is 6.73. The molecule has 2 amide bonds. The van der Waals surface area contributed by atoms with Crippen LogP contribution in [0.5, 0.6) is 11.5 Å². The molecule has 2 aromatic rings. The molecule has 0 saturated heterocycles. The topological polar surface area (TPSA) is 76.7 Å². The Balaban J connectivity index is 1.67. The van der Waals surface area contributed by atoms with Crippen molar-refractivity contribution in [2.24, 2.45) is 0 Å². The average molecular weight is 438 g/mol. The van der Waals surface area contributed by atoms with Gasteiger partial charge in [0, 0.05) is 9.13 Å². The number of rotatable bonds is 2. The van der Waals surface area contributed by atoms with Crippen molar-refractivity contribution in [1.82, 2.24) is 10.9 Å². The van der Waals surface area contributed by atoms with Gasteiger partial charge in [-0.2, -0.15) is 0 Å². The molecular weight excluding hydrogens is 423 g/mol. The summed E-state index contributed by atoms with van der Waals surface area (Å²) in [6.45, 7) is 2.86. The quantitative estimate of drug-likeness (QED) is 0.558. The molecule has 0 unspecified atom stereocenters. The van der Waals surface area contributed by atoms with Crippen LogP contribution >= 0.6 is 22.6 Å². The van der Waals surface area contributed by atoms with Gasteiger partial charge < -0.3 is 9.47 Å². The average Bonchev–Trinajstić information content (AvgIpc) is 2.61. The van der Waals surface area contributed by atoms with E-state index in [0.29, 0.717) is 35.8 Å². The Hall–Kier alpha value is -2.29. The molecular formula is C17H15IN2O4. The Morgan fingerprint density at radius 3 is 2.50 bits per heavy atom. The lowest BCUT2D eigenvalue weighted by atomic mass is 10.1. The lowest BCUT2D eigenvalue weighted by Crippen LogP contribution is -2.42. The van der Waals surface area contributed by atoms with Gasteiger partial charge >= 0.3 is 0 Å². The maximum atomic E-state index is 12.2. The van der Waals surface area contributed by atoms with Gasteiger partial charge in [-0.05, 0) is 59.3 Å². The highest BCUT2D eigenvalue weighted by atomic mass is 127. The molecule has 24 heavy (non-hydrogen) atoms. The highest BCUT2D eigenvalue weighted by Crippen LogP contribution is 2.30. The van der Waals surface area contributed by atoms with E-state index in [2.05, 4.69) is 33.4 Å². The SMILES string of the molecule is Cc1cccc(C(=O)NNC(=O)c2ccc3c(c2)OCCO3)c1I. The number of carbonyl (C=O) groups excluding carboxylic acids is 2. The summed E-state index contributed by atoms with van der Waals surface area (Å²) in [6, 6.07) is 10.3. The predicted octanol–water partition coefficient (Wildman–Crippen LogP) is 2.45. The largest absolute Gasteiger partial charge is 0.486 e. The van der Waals surface area contributed by atoms with Gasteiger partial charge in [0.1, 0.15) is 13.2 Å². The van der Waals surface area contributed by atoms with Crippen molar-refractivity contribution in [2.45, 2.75) is 6.92 Å². The van der Waals surface area contributed by atoms with E-state index in [4.69, 9.17) is 9.47 Å². The minimum atomic E-state index is -0.428. The number of hydrazine groups is 1. The molecule has 1 aliphatic rings. The van der Waals surface area contributed by atoms with E-state index >= 15 is 0 Å². The van der Waals surface area contributed by atoms with Crippen LogP contribution in [0.1, 0.15) is 26.3 Å². The number of hydrogen-bond donors (Lipinski definition) is 2. The Morgan fingerprint density at radius 1 is 1.00 bits per heavy atom. The monoisotopic (exact) mass is 438 g/mol. The lowest BCUT2D eigenvalue weighted by molar-refractivity contribution is 0.0845. The van der Waals surface area contributed by atoms with E-state index in [1.807, 2.05) is 13.0 Å². The maximum Gasteiger partial charge on any atom is 0.270 e. The second-order valence-corrected chi connectivity index (χ2v) is 6.28. The van der Waals surface area contributed by atoms with Gasteiger partial charge in [-0.3, -0.25) is 20.4 Å². The van der Waals surface area contributed by atoms with Crippen LogP contribution in [-0.2, 0) is 0 Å². The summed E-state index contributed by atoms with van der Waals surface area (Å²) in [4.78, 5) is 24.4. The van der Waals surface area contributed by atoms with Crippen molar-refractivity contribution < 1.29 is 19.1 Å². The second-order valence-electron chi connectivity index (χ2n) is 5.20. The van der Waals surface area contributed by atoms with Crippen molar-refractivity contribution in [2.75, 3.05) is 13.2 Å². The maximum absolute atomic E-state index is 12.2. The van der Waals surface area contributed by atoms with Crippen molar-refractivity contribution in [3.63, 3.8) is 0 Å². The van der Waals surface area contributed by atoms with E-state index in [1.54, 1.807) is 30.3 Å². The third-order valence-corrected chi connectivity index (χ3v) is 4.96. The van der Waals surface area contributed by atoms with Crippen molar-refractivity contribution in [3.05, 3.63) is 56.7 Å². The highest BCUT2D eigenvalue weighted by molar-refractivity contribution is 14.1. The number of ether oxygens (including phenoxy) is 2. The zero-order valence-electron chi connectivity index (χ0n) is 12.9. The molecule has 0 aliphatic carbocycles. The molecule has 0 saturated carbocycles. The molecule has 0 atom stereocenters. The van der Waals surface area contributed by atoms with Crippen LogP contribution < -0.4 is 20.3 Å². The molecule has 2 aromatic carbocycles. The van der Waals surface area contributed by atoms with Crippen molar-refractivity contribution >= 4 is 34.4 Å². The van der Waals surface area contributed by atoms with Gasteiger partial charge in [-0.15, -0.1) is 0 Å². The number of carbonyl (C=O) groups is 2. The van der Waals surface area contributed by atoms with Gasteiger partial charge in [0.2, 0.25) is 0 Å². The van der Waals surface area contributed by atoms with Gasteiger partial charge in [-0.1, -0.05) is 12.1 Å². The minimum absolute atomic E-state index is 0.367. The molecule has 124 valence electrons. The minimum Gasteiger partial charge on any atom is -0.486 e. The van der Waals surface area contributed by atoms with E-state index in [0.717, 1.165) is 9.13 Å². The Bertz CT molecular complexity index is 807. The summed E-state index contributed by atoms with van der Waals surface area (Å²) in [7, 11) is 0. The molecule has 3 rings (SSSR count). The van der Waals surface area contributed by atoms with Crippen LogP contribution in [0.25, 0.3) is 0 Å². The smallest absolute Gasteiger partial charge is 0.270 e. The predicted molar refractivity (Wildman–Crippen MR) is 96.3 cm³/mol. The molecule has 0 spiro atoms. The third-order valence-electron chi connectivity index (χ3n) is 3.53. The molecule has 0 bridgehead atoms. The van der Waals surface area contributed by atoms with E-state index < -0.39 is 5.91 Å². The van der Waals surface area contributed by atoms with Crippen LogP contribution in [0.3, 0.4) is 0 Å². The fourth-order valence-electron chi connectivity index (χ4n) is 2.26. The number of halogens is 1. The molecule has 6 nitrogen and oxygen atoms in total. The van der Waals surface area contributed by atoms with Crippen LogP contribution in [0.2, 0.25) is 0 Å². The summed E-state index contributed by atoms with van der Waals surface area (Å²) >= 11 is 2.11. The van der Waals surface area contributed by atoms with Crippen LogP contribution in [-0.4, -0.2) is 25.0 Å². The van der Waals surface area contributed by atoms with Crippen LogP contribution in [0.15, 0.2) is 36.4 Å². The molecule has 1 heterocycles. The number of hydrogen-bond acceptors (Lipinski definition) is 4. The lowest BCUT2D eigenvalue weighted by Gasteiger charge is -2.18. The molecule has 0 fully saturated rings. The summed E-state index contributed by atoms with van der Waals surface area (Å²) < 4.78 is 11.7. The zero-order chi connectivity index (χ0) is 17.1.